The summed E-state index contributed by atoms with van der Waals surface area (Å²) in [7, 11) is -0.0920. The molecule has 48 heavy (non-hydrogen) atoms. The minimum absolute atomic E-state index is 0.175. The highest BCUT2D eigenvalue weighted by molar-refractivity contribution is 7.90. The molecule has 0 saturated carbocycles. The zero-order chi connectivity index (χ0) is 33.7. The molecule has 5 aromatic rings. The van der Waals surface area contributed by atoms with Crippen LogP contribution in [0.15, 0.2) is 90.1 Å². The van der Waals surface area contributed by atoms with Crippen LogP contribution >= 0.6 is 0 Å². The second-order valence-electron chi connectivity index (χ2n) is 13.3. The molecule has 1 amide bonds. The Hall–Kier alpha value is -4.51. The molecular formula is C38H41N5O4S. The smallest absolute Gasteiger partial charge is 0.269 e. The molecule has 2 aromatic heterocycles. The molecule has 0 spiro atoms. The second kappa shape index (κ2) is 12.5. The molecule has 2 unspecified atom stereocenters. The molecule has 1 N–H and O–H groups in total. The van der Waals surface area contributed by atoms with Gasteiger partial charge in [0.25, 0.3) is 15.9 Å². The number of likely N-dealkylation sites (N-methyl/N-ethyl adjacent to an activating group) is 2. The first kappa shape index (κ1) is 32.1. The summed E-state index contributed by atoms with van der Waals surface area (Å²) < 4.78 is 29.1. The van der Waals surface area contributed by atoms with Crippen LogP contribution in [0.5, 0.6) is 0 Å². The quantitative estimate of drug-likeness (QED) is 0.248. The second-order valence-corrected chi connectivity index (χ2v) is 15.1. The summed E-state index contributed by atoms with van der Waals surface area (Å²) in [5.74, 6) is -0.203. The first-order chi connectivity index (χ1) is 23.0. The van der Waals surface area contributed by atoms with Crippen LogP contribution in [0, 0.1) is 6.92 Å². The standard InChI is InChI=1S/C38H41N5O4S/c1-25-18-30(19-29-14-15-32-23-40(3)16-17-42(32)36(25)29)31-20-34-35(27-10-12-28(13-11-27)38(45)41(4)22-26(2)44)24-43(37(34)39-21-31)48(46,47)33-8-6-5-7-9-33/h5-13,18-21,24,26,32,44H,14-17,22-23H2,1-4H3. The lowest BCUT2D eigenvalue weighted by Crippen LogP contribution is -2.54. The van der Waals surface area contributed by atoms with Crippen LogP contribution in [0.1, 0.15) is 34.8 Å². The molecule has 1 fully saturated rings. The van der Waals surface area contributed by atoms with Gasteiger partial charge in [0.05, 0.1) is 11.0 Å². The molecule has 10 heteroatoms. The minimum Gasteiger partial charge on any atom is -0.392 e. The number of hydrogen-bond acceptors (Lipinski definition) is 7. The summed E-state index contributed by atoms with van der Waals surface area (Å²) in [6.45, 7) is 7.21. The summed E-state index contributed by atoms with van der Waals surface area (Å²) in [6, 6.07) is 22.6. The summed E-state index contributed by atoms with van der Waals surface area (Å²) >= 11 is 0. The van der Waals surface area contributed by atoms with Gasteiger partial charge in [0.2, 0.25) is 0 Å². The van der Waals surface area contributed by atoms with Gasteiger partial charge in [0, 0.05) is 79.4 Å². The lowest BCUT2D eigenvalue weighted by atomic mass is 9.89. The Kier molecular flexibility index (Phi) is 8.35. The molecule has 248 valence electrons. The van der Waals surface area contributed by atoms with Gasteiger partial charge in [-0.25, -0.2) is 17.4 Å². The maximum absolute atomic E-state index is 13.9. The van der Waals surface area contributed by atoms with E-state index in [4.69, 9.17) is 4.98 Å². The molecule has 2 aliphatic heterocycles. The molecule has 7 rings (SSSR count). The number of piperazine rings is 1. The fourth-order valence-corrected chi connectivity index (χ4v) is 8.69. The molecule has 2 aliphatic rings. The van der Waals surface area contributed by atoms with Gasteiger partial charge >= 0.3 is 0 Å². The predicted molar refractivity (Wildman–Crippen MR) is 190 cm³/mol. The summed E-state index contributed by atoms with van der Waals surface area (Å²) in [4.78, 5) is 24.4. The molecule has 9 nitrogen and oxygen atoms in total. The van der Waals surface area contributed by atoms with Gasteiger partial charge in [-0.05, 0) is 98.5 Å². The normalized spacial score (nSPS) is 17.2. The zero-order valence-electron chi connectivity index (χ0n) is 27.8. The third-order valence-corrected chi connectivity index (χ3v) is 11.3. The van der Waals surface area contributed by atoms with E-state index in [1.807, 2.05) is 18.2 Å². The van der Waals surface area contributed by atoms with E-state index < -0.39 is 16.1 Å². The van der Waals surface area contributed by atoms with E-state index in [1.54, 1.807) is 68.8 Å². The van der Waals surface area contributed by atoms with Crippen molar-refractivity contribution in [3.8, 4) is 22.3 Å². The van der Waals surface area contributed by atoms with Gasteiger partial charge in [-0.3, -0.25) is 4.79 Å². The van der Waals surface area contributed by atoms with Gasteiger partial charge in [0.15, 0.2) is 5.65 Å². The van der Waals surface area contributed by atoms with E-state index in [2.05, 4.69) is 35.9 Å². The lowest BCUT2D eigenvalue weighted by molar-refractivity contribution is 0.0703. The average molecular weight is 664 g/mol. The van der Waals surface area contributed by atoms with Crippen molar-refractivity contribution in [3.63, 3.8) is 0 Å². The largest absolute Gasteiger partial charge is 0.392 e. The number of nitrogens with zero attached hydrogens (tertiary/aromatic N) is 5. The minimum atomic E-state index is -3.95. The van der Waals surface area contributed by atoms with Crippen molar-refractivity contribution in [2.75, 3.05) is 45.2 Å². The van der Waals surface area contributed by atoms with Gasteiger partial charge in [-0.1, -0.05) is 30.3 Å². The fourth-order valence-electron chi connectivity index (χ4n) is 7.34. The Morgan fingerprint density at radius 3 is 2.50 bits per heavy atom. The van der Waals surface area contributed by atoms with E-state index in [1.165, 1.54) is 25.7 Å². The summed E-state index contributed by atoms with van der Waals surface area (Å²) in [6.07, 6.45) is 4.90. The summed E-state index contributed by atoms with van der Waals surface area (Å²) in [5, 5.41) is 10.4. The number of carbonyl (C=O) groups is 1. The van der Waals surface area contributed by atoms with Crippen LogP contribution in [0.25, 0.3) is 33.3 Å². The lowest BCUT2D eigenvalue weighted by Gasteiger charge is -2.46. The number of fused-ring (bicyclic) bond motifs is 4. The van der Waals surface area contributed by atoms with Crippen molar-refractivity contribution in [3.05, 3.63) is 102 Å². The number of benzene rings is 3. The predicted octanol–water partition coefficient (Wildman–Crippen LogP) is 5.44. The highest BCUT2D eigenvalue weighted by Crippen LogP contribution is 2.40. The van der Waals surface area contributed by atoms with Crippen molar-refractivity contribution in [1.82, 2.24) is 18.8 Å². The number of carbonyl (C=O) groups excluding carboxylic acids is 1. The van der Waals surface area contributed by atoms with Crippen LogP contribution in [-0.4, -0.2) is 90.6 Å². The van der Waals surface area contributed by atoms with Crippen LogP contribution in [0.2, 0.25) is 0 Å². The molecule has 0 radical (unpaired) electrons. The van der Waals surface area contributed by atoms with Gasteiger partial charge < -0.3 is 19.8 Å². The Bertz CT molecular complexity index is 2110. The number of aromatic nitrogens is 2. The molecule has 4 heterocycles. The van der Waals surface area contributed by atoms with Crippen LogP contribution in [0.3, 0.4) is 0 Å². The first-order valence-electron chi connectivity index (χ1n) is 16.5. The maximum atomic E-state index is 13.9. The van der Waals surface area contributed by atoms with Crippen LogP contribution in [0.4, 0.5) is 5.69 Å². The van der Waals surface area contributed by atoms with E-state index in [0.717, 1.165) is 49.2 Å². The molecule has 2 atom stereocenters. The number of pyridine rings is 1. The third kappa shape index (κ3) is 5.78. The Labute approximate surface area is 282 Å². The average Bonchev–Trinajstić information content (AvgIpc) is 3.47. The van der Waals surface area contributed by atoms with Gasteiger partial charge in [-0.2, -0.15) is 0 Å². The highest BCUT2D eigenvalue weighted by Gasteiger charge is 2.32. The zero-order valence-corrected chi connectivity index (χ0v) is 28.6. The monoisotopic (exact) mass is 663 g/mol. The van der Waals surface area contributed by atoms with Crippen molar-refractivity contribution in [2.24, 2.45) is 0 Å². The van der Waals surface area contributed by atoms with Crippen molar-refractivity contribution in [1.29, 1.82) is 0 Å². The first-order valence-corrected chi connectivity index (χ1v) is 17.9. The van der Waals surface area contributed by atoms with Crippen molar-refractivity contribution in [2.45, 2.75) is 43.7 Å². The van der Waals surface area contributed by atoms with Crippen molar-refractivity contribution >= 4 is 32.7 Å². The number of aliphatic hydroxyl groups excluding tert-OH is 1. The fraction of sp³-hybridized carbons (Fsp3) is 0.316. The number of hydrogen-bond donors (Lipinski definition) is 1. The molecule has 0 bridgehead atoms. The van der Waals surface area contributed by atoms with E-state index in [-0.39, 0.29) is 17.3 Å². The van der Waals surface area contributed by atoms with Crippen LogP contribution in [-0.2, 0) is 16.4 Å². The maximum Gasteiger partial charge on any atom is 0.269 e. The van der Waals surface area contributed by atoms with E-state index in [9.17, 15) is 18.3 Å². The summed E-state index contributed by atoms with van der Waals surface area (Å²) in [5.41, 5.74) is 8.18. The number of rotatable bonds is 7. The van der Waals surface area contributed by atoms with E-state index >= 15 is 0 Å². The third-order valence-electron chi connectivity index (χ3n) is 9.67. The number of aliphatic hydroxyl groups is 1. The van der Waals surface area contributed by atoms with Crippen molar-refractivity contribution < 1.29 is 18.3 Å². The molecule has 3 aromatic carbocycles. The topological polar surface area (TPSA) is 99.0 Å². The Morgan fingerprint density at radius 1 is 1.02 bits per heavy atom. The Balaban J connectivity index is 1.33. The number of aryl methyl sites for hydroxylation is 2. The number of amides is 1. The highest BCUT2D eigenvalue weighted by atomic mass is 32.2. The molecule has 0 aliphatic carbocycles. The van der Waals surface area contributed by atoms with Gasteiger partial charge in [-0.15, -0.1) is 0 Å². The van der Waals surface area contributed by atoms with Gasteiger partial charge in [0.1, 0.15) is 0 Å². The molecule has 1 saturated heterocycles. The molecular weight excluding hydrogens is 623 g/mol. The van der Waals surface area contributed by atoms with Crippen LogP contribution < -0.4 is 4.90 Å². The Morgan fingerprint density at radius 2 is 1.77 bits per heavy atom. The SMILES string of the molecule is Cc1cc(-c2cnc3c(c2)c(-c2ccc(C(=O)N(C)CC(C)O)cc2)cn3S(=O)(=O)c2ccccc2)cc2c1N1CCN(C)CC1CC2. The van der Waals surface area contributed by atoms with E-state index in [0.29, 0.717) is 28.2 Å². The number of anilines is 1.